The Morgan fingerprint density at radius 2 is 1.27 bits per heavy atom. The molecule has 15 heavy (non-hydrogen) atoms. The van der Waals surface area contributed by atoms with Crippen LogP contribution in [0.3, 0.4) is 0 Å². The zero-order valence-corrected chi connectivity index (χ0v) is 10.8. The highest BCUT2D eigenvalue weighted by molar-refractivity contribution is 5.20. The molecule has 0 N–H and O–H groups in total. The van der Waals surface area contributed by atoms with Crippen LogP contribution in [0.15, 0.2) is 24.3 Å². The summed E-state index contributed by atoms with van der Waals surface area (Å²) in [5, 5.41) is 0. The van der Waals surface area contributed by atoms with Crippen molar-refractivity contribution in [1.29, 1.82) is 0 Å². The third-order valence-electron chi connectivity index (χ3n) is 2.38. The van der Waals surface area contributed by atoms with Crippen molar-refractivity contribution in [2.24, 2.45) is 0 Å². The van der Waals surface area contributed by atoms with Crippen LogP contribution in [0.2, 0.25) is 0 Å². The van der Waals surface area contributed by atoms with Crippen molar-refractivity contribution >= 4 is 0 Å². The van der Waals surface area contributed by atoms with Gasteiger partial charge in [0, 0.05) is 0 Å². The summed E-state index contributed by atoms with van der Waals surface area (Å²) in [7, 11) is 0. The van der Waals surface area contributed by atoms with Gasteiger partial charge in [-0.1, -0.05) is 81.3 Å². The summed E-state index contributed by atoms with van der Waals surface area (Å²) in [5.41, 5.74) is 2.68. The van der Waals surface area contributed by atoms with Crippen molar-refractivity contribution in [3.8, 4) is 0 Å². The molecule has 0 heterocycles. The van der Waals surface area contributed by atoms with Gasteiger partial charge in [0.15, 0.2) is 0 Å². The summed E-state index contributed by atoms with van der Waals surface area (Å²) in [4.78, 5) is 0. The molecular formula is C15H26. The molecule has 0 heteroatoms. The third-order valence-corrected chi connectivity index (χ3v) is 2.38. The van der Waals surface area contributed by atoms with E-state index in [-0.39, 0.29) is 0 Å². The number of benzene rings is 1. The molecule has 0 fully saturated rings. The van der Waals surface area contributed by atoms with Crippen molar-refractivity contribution in [2.75, 3.05) is 0 Å². The van der Waals surface area contributed by atoms with Crippen molar-refractivity contribution < 1.29 is 0 Å². The van der Waals surface area contributed by atoms with Gasteiger partial charge in [0.05, 0.1) is 0 Å². The molecule has 0 bridgehead atoms. The van der Waals surface area contributed by atoms with Crippen molar-refractivity contribution in [3.63, 3.8) is 0 Å². The Labute approximate surface area is 95.7 Å². The molecule has 86 valence electrons. The highest BCUT2D eigenvalue weighted by Crippen LogP contribution is 2.00. The van der Waals surface area contributed by atoms with Crippen LogP contribution < -0.4 is 0 Å². The van der Waals surface area contributed by atoms with E-state index in [2.05, 4.69) is 52.0 Å². The van der Waals surface area contributed by atoms with Gasteiger partial charge in [-0.15, -0.1) is 0 Å². The van der Waals surface area contributed by atoms with Crippen molar-refractivity contribution in [1.82, 2.24) is 0 Å². The van der Waals surface area contributed by atoms with E-state index in [0.717, 1.165) is 0 Å². The molecule has 0 unspecified atom stereocenters. The Morgan fingerprint density at radius 3 is 1.53 bits per heavy atom. The van der Waals surface area contributed by atoms with E-state index in [4.69, 9.17) is 0 Å². The summed E-state index contributed by atoms with van der Waals surface area (Å²) in [5.74, 6) is 0. The fraction of sp³-hybridized carbons (Fsp3) is 0.600. The fourth-order valence-electron chi connectivity index (χ4n) is 1.48. The minimum Gasteiger partial charge on any atom is -0.0654 e. The summed E-state index contributed by atoms with van der Waals surface area (Å²) < 4.78 is 0. The average Bonchev–Trinajstić information content (AvgIpc) is 2.19. The Hall–Kier alpha value is -0.780. The first-order valence-corrected chi connectivity index (χ1v) is 6.24. The monoisotopic (exact) mass is 206 g/mol. The first-order valence-electron chi connectivity index (χ1n) is 6.24. The minimum absolute atomic E-state index is 1.34. The highest BCUT2D eigenvalue weighted by atomic mass is 13.9. The van der Waals surface area contributed by atoms with Gasteiger partial charge in [0.25, 0.3) is 0 Å². The van der Waals surface area contributed by atoms with Gasteiger partial charge in [-0.05, 0) is 13.8 Å². The predicted molar refractivity (Wildman–Crippen MR) is 70.3 cm³/mol. The standard InChI is InChI=1S/C8H10.C7H16/c1-7-4-3-5-8(2)6-7;1-3-5-7-6-4-2/h3-6H,1-2H3;3-7H2,1-2H3. The molecule has 0 aliphatic heterocycles. The van der Waals surface area contributed by atoms with Crippen LogP contribution in [-0.4, -0.2) is 0 Å². The molecule has 0 aromatic heterocycles. The van der Waals surface area contributed by atoms with E-state index in [9.17, 15) is 0 Å². The maximum atomic E-state index is 2.25. The van der Waals surface area contributed by atoms with E-state index in [0.29, 0.717) is 0 Å². The van der Waals surface area contributed by atoms with Crippen LogP contribution in [0, 0.1) is 13.8 Å². The smallest absolute Gasteiger partial charge is 0.0398 e. The van der Waals surface area contributed by atoms with Crippen LogP contribution in [0.25, 0.3) is 0 Å². The number of rotatable bonds is 4. The molecule has 0 atom stereocenters. The lowest BCUT2D eigenvalue weighted by atomic mass is 10.2. The Bertz CT molecular complexity index is 216. The van der Waals surface area contributed by atoms with Crippen LogP contribution >= 0.6 is 0 Å². The first-order chi connectivity index (χ1) is 7.20. The largest absolute Gasteiger partial charge is 0.0654 e. The van der Waals surface area contributed by atoms with Crippen molar-refractivity contribution in [2.45, 2.75) is 59.8 Å². The van der Waals surface area contributed by atoms with Crippen LogP contribution in [0.5, 0.6) is 0 Å². The molecule has 0 aliphatic rings. The van der Waals surface area contributed by atoms with Gasteiger partial charge < -0.3 is 0 Å². The summed E-state index contributed by atoms with van der Waals surface area (Å²) in [6, 6.07) is 8.45. The molecule has 0 saturated heterocycles. The zero-order chi connectivity index (χ0) is 11.5. The van der Waals surface area contributed by atoms with E-state index >= 15 is 0 Å². The van der Waals surface area contributed by atoms with E-state index in [1.54, 1.807) is 0 Å². The minimum atomic E-state index is 1.34. The molecule has 0 aliphatic carbocycles. The van der Waals surface area contributed by atoms with Gasteiger partial charge in [-0.3, -0.25) is 0 Å². The molecule has 0 radical (unpaired) electrons. The van der Waals surface area contributed by atoms with Gasteiger partial charge in [0.1, 0.15) is 0 Å². The summed E-state index contributed by atoms with van der Waals surface area (Å²) in [6.45, 7) is 8.70. The van der Waals surface area contributed by atoms with Crippen LogP contribution in [-0.2, 0) is 0 Å². The molecular weight excluding hydrogens is 180 g/mol. The lowest BCUT2D eigenvalue weighted by Gasteiger charge is -1.90. The van der Waals surface area contributed by atoms with E-state index in [1.807, 2.05) is 0 Å². The molecule has 0 spiro atoms. The van der Waals surface area contributed by atoms with Crippen LogP contribution in [0.1, 0.15) is 57.1 Å². The van der Waals surface area contributed by atoms with Gasteiger partial charge in [-0.25, -0.2) is 0 Å². The Balaban J connectivity index is 0.000000265. The van der Waals surface area contributed by atoms with Crippen molar-refractivity contribution in [3.05, 3.63) is 35.4 Å². The van der Waals surface area contributed by atoms with Gasteiger partial charge >= 0.3 is 0 Å². The topological polar surface area (TPSA) is 0 Å². The number of hydrogen-bond donors (Lipinski definition) is 0. The third kappa shape index (κ3) is 9.52. The second kappa shape index (κ2) is 9.76. The molecule has 1 aromatic rings. The predicted octanol–water partition coefficient (Wildman–Crippen LogP) is 5.28. The first kappa shape index (κ1) is 14.2. The summed E-state index contributed by atoms with van der Waals surface area (Å²) in [6.07, 6.45) is 7.01. The number of hydrogen-bond acceptors (Lipinski definition) is 0. The van der Waals surface area contributed by atoms with E-state index in [1.165, 1.54) is 43.2 Å². The average molecular weight is 206 g/mol. The molecule has 1 rings (SSSR count). The molecule has 0 amide bonds. The van der Waals surface area contributed by atoms with Gasteiger partial charge in [0.2, 0.25) is 0 Å². The SMILES string of the molecule is CCCCCCC.Cc1cccc(C)c1. The maximum Gasteiger partial charge on any atom is -0.0398 e. The Kier molecular flexibility index (Phi) is 9.26. The second-order valence-electron chi connectivity index (χ2n) is 4.22. The number of aryl methyl sites for hydroxylation is 2. The maximum absolute atomic E-state index is 2.25. The quantitative estimate of drug-likeness (QED) is 0.588. The fourth-order valence-corrected chi connectivity index (χ4v) is 1.48. The molecule has 0 nitrogen and oxygen atoms in total. The zero-order valence-electron chi connectivity index (χ0n) is 10.8. The van der Waals surface area contributed by atoms with Gasteiger partial charge in [-0.2, -0.15) is 0 Å². The lowest BCUT2D eigenvalue weighted by molar-refractivity contribution is 0.656. The van der Waals surface area contributed by atoms with E-state index < -0.39 is 0 Å². The normalized spacial score (nSPS) is 9.33. The highest BCUT2D eigenvalue weighted by Gasteiger charge is 1.81. The Morgan fingerprint density at radius 1 is 0.800 bits per heavy atom. The lowest BCUT2D eigenvalue weighted by Crippen LogP contribution is -1.71. The van der Waals surface area contributed by atoms with Crippen LogP contribution in [0.4, 0.5) is 0 Å². The summed E-state index contributed by atoms with van der Waals surface area (Å²) >= 11 is 0. The molecule has 1 aromatic carbocycles. The molecule has 0 saturated carbocycles. The number of unbranched alkanes of at least 4 members (excludes halogenated alkanes) is 4. The second-order valence-corrected chi connectivity index (χ2v) is 4.22.